The van der Waals surface area contributed by atoms with E-state index in [1.54, 1.807) is 19.1 Å². The number of carbonyl (C=O) groups excluding carboxylic acids is 1. The maximum Gasteiger partial charge on any atom is 0.266 e. The smallest absolute Gasteiger partial charge is 0.266 e. The Morgan fingerprint density at radius 2 is 1.78 bits per heavy atom. The van der Waals surface area contributed by atoms with Gasteiger partial charge in [0.1, 0.15) is 5.75 Å². The number of rotatable bonds is 10. The van der Waals surface area contributed by atoms with Crippen LogP contribution in [0.5, 0.6) is 5.75 Å². The summed E-state index contributed by atoms with van der Waals surface area (Å²) < 4.78 is 14.0. The number of halogens is 2. The van der Waals surface area contributed by atoms with Crippen LogP contribution in [0.2, 0.25) is 0 Å². The molecule has 9 heteroatoms. The highest BCUT2D eigenvalue weighted by Gasteiger charge is 2.54. The van der Waals surface area contributed by atoms with Gasteiger partial charge in [-0.1, -0.05) is 62.2 Å². The van der Waals surface area contributed by atoms with Crippen molar-refractivity contribution in [2.24, 2.45) is 4.99 Å². The van der Waals surface area contributed by atoms with Crippen molar-refractivity contribution in [3.63, 3.8) is 0 Å². The van der Waals surface area contributed by atoms with E-state index in [9.17, 15) is 4.79 Å². The van der Waals surface area contributed by atoms with Crippen molar-refractivity contribution in [2.45, 2.75) is 24.5 Å². The van der Waals surface area contributed by atoms with Crippen molar-refractivity contribution >= 4 is 43.7 Å². The fraction of sp³-hybridized carbons (Fsp3) is 0.286. The number of benzene rings is 3. The van der Waals surface area contributed by atoms with Gasteiger partial charge in [0.25, 0.3) is 5.91 Å². The Morgan fingerprint density at radius 3 is 2.43 bits per heavy atom. The number of hydrazine groups is 1. The van der Waals surface area contributed by atoms with Crippen molar-refractivity contribution in [2.75, 3.05) is 27.3 Å². The number of ether oxygens (including phenoxy) is 2. The van der Waals surface area contributed by atoms with Crippen LogP contribution >= 0.6 is 31.9 Å². The highest BCUT2D eigenvalue weighted by Crippen LogP contribution is 2.44. The average Bonchev–Trinajstić information content (AvgIpc) is 3.26. The van der Waals surface area contributed by atoms with Gasteiger partial charge in [-0.05, 0) is 48.0 Å². The Hall–Kier alpha value is -2.72. The van der Waals surface area contributed by atoms with Gasteiger partial charge in [-0.15, -0.1) is 0 Å². The van der Waals surface area contributed by atoms with E-state index >= 15 is 0 Å². The lowest BCUT2D eigenvalue weighted by Gasteiger charge is -2.32. The van der Waals surface area contributed by atoms with Crippen molar-refractivity contribution in [1.29, 1.82) is 0 Å². The van der Waals surface area contributed by atoms with E-state index in [4.69, 9.17) is 19.6 Å². The van der Waals surface area contributed by atoms with Crippen LogP contribution < -0.4 is 10.2 Å². The molecule has 3 aromatic rings. The zero-order chi connectivity index (χ0) is 26.4. The first kappa shape index (κ1) is 27.3. The molecule has 1 heterocycles. The fourth-order valence-corrected chi connectivity index (χ4v) is 4.92. The van der Waals surface area contributed by atoms with Gasteiger partial charge in [-0.3, -0.25) is 10.2 Å². The molecule has 2 atom stereocenters. The van der Waals surface area contributed by atoms with Gasteiger partial charge < -0.3 is 14.6 Å². The Balaban J connectivity index is 1.79. The number of aliphatic hydroxyl groups is 1. The van der Waals surface area contributed by atoms with Crippen LogP contribution in [0.4, 0.5) is 0 Å². The number of nitrogens with zero attached hydrogens (tertiary/aromatic N) is 2. The summed E-state index contributed by atoms with van der Waals surface area (Å²) in [6, 6.07) is 23.0. The third-order valence-corrected chi connectivity index (χ3v) is 7.18. The Bertz CT molecular complexity index is 1250. The van der Waals surface area contributed by atoms with Gasteiger partial charge >= 0.3 is 0 Å². The highest BCUT2D eigenvalue weighted by molar-refractivity contribution is 9.10. The van der Waals surface area contributed by atoms with Gasteiger partial charge in [0.15, 0.2) is 11.6 Å². The highest BCUT2D eigenvalue weighted by atomic mass is 79.9. The number of carbonyl (C=O) groups is 1. The summed E-state index contributed by atoms with van der Waals surface area (Å²) in [7, 11) is 3.54. The van der Waals surface area contributed by atoms with E-state index in [0.717, 1.165) is 25.6 Å². The number of nitrogens with one attached hydrogen (secondary N) is 1. The van der Waals surface area contributed by atoms with Crippen LogP contribution in [0.1, 0.15) is 29.2 Å². The quantitative estimate of drug-likeness (QED) is 0.242. The molecule has 0 aliphatic carbocycles. The van der Waals surface area contributed by atoms with Gasteiger partial charge in [0, 0.05) is 53.6 Å². The maximum absolute atomic E-state index is 13.9. The topological polar surface area (TPSA) is 83.4 Å². The minimum Gasteiger partial charge on any atom is -0.494 e. The fourth-order valence-electron chi connectivity index (χ4n) is 4.16. The molecule has 0 radical (unpaired) electrons. The van der Waals surface area contributed by atoms with E-state index in [0.29, 0.717) is 31.1 Å². The first-order valence-corrected chi connectivity index (χ1v) is 13.5. The molecule has 3 aromatic carbocycles. The molecule has 2 N–H and O–H groups in total. The summed E-state index contributed by atoms with van der Waals surface area (Å²) >= 11 is 7.14. The van der Waals surface area contributed by atoms with Gasteiger partial charge in [0.2, 0.25) is 5.90 Å². The third-order valence-electron chi connectivity index (χ3n) is 5.93. The van der Waals surface area contributed by atoms with Crippen LogP contribution in [0.3, 0.4) is 0 Å². The Morgan fingerprint density at radius 1 is 1.08 bits per heavy atom. The lowest BCUT2D eigenvalue weighted by Crippen LogP contribution is -2.53. The number of aliphatic imine (C=N–C) groups is 1. The van der Waals surface area contributed by atoms with Gasteiger partial charge in [0.05, 0.1) is 6.61 Å². The molecule has 7 nitrogen and oxygen atoms in total. The van der Waals surface area contributed by atoms with Crippen LogP contribution in [0.25, 0.3) is 0 Å². The zero-order valence-corrected chi connectivity index (χ0v) is 23.8. The Kier molecular flexibility index (Phi) is 9.02. The summed E-state index contributed by atoms with van der Waals surface area (Å²) in [5, 5.41) is 10.6. The average molecular weight is 631 g/mol. The van der Waals surface area contributed by atoms with E-state index in [1.807, 2.05) is 72.8 Å². The summed E-state index contributed by atoms with van der Waals surface area (Å²) in [6.07, 6.45) is 0.213. The molecule has 1 aliphatic heterocycles. The Labute approximate surface area is 233 Å². The number of hydrogen-bond acceptors (Lipinski definition) is 6. The van der Waals surface area contributed by atoms with Crippen LogP contribution in [0, 0.1) is 0 Å². The lowest BCUT2D eigenvalue weighted by atomic mass is 9.82. The molecule has 1 aliphatic rings. The standard InChI is InChI=1S/C28H29Br2N3O4/c1-33(2)32-27(35)28(18-19-8-12-21(29)13-9-19)25(23-6-3-4-7-24(23)30)37-26(31-28)20-10-14-22(15-11-20)36-17-5-16-34/h3-4,6-15,25,34H,5,16-18H2,1-2H3,(H,32,35)/t25-,28-/m0/s1. The molecular weight excluding hydrogens is 602 g/mol. The SMILES string of the molecule is CN(C)NC(=O)[C@@]1(Cc2ccc(Br)cc2)N=C(c2ccc(OCCCO)cc2)O[C@H]1c1ccccc1Br. The van der Waals surface area contributed by atoms with Gasteiger partial charge in [-0.2, -0.15) is 0 Å². The van der Waals surface area contributed by atoms with E-state index < -0.39 is 11.6 Å². The third kappa shape index (κ3) is 6.41. The predicted octanol–water partition coefficient (Wildman–Crippen LogP) is 5.07. The zero-order valence-electron chi connectivity index (χ0n) is 20.7. The van der Waals surface area contributed by atoms with Crippen molar-refractivity contribution in [1.82, 2.24) is 10.4 Å². The molecule has 37 heavy (non-hydrogen) atoms. The molecule has 0 unspecified atom stereocenters. The minimum atomic E-state index is -1.27. The summed E-state index contributed by atoms with van der Waals surface area (Å²) in [5.74, 6) is 0.804. The second-order valence-electron chi connectivity index (χ2n) is 8.95. The predicted molar refractivity (Wildman–Crippen MR) is 151 cm³/mol. The second kappa shape index (κ2) is 12.2. The summed E-state index contributed by atoms with van der Waals surface area (Å²) in [4.78, 5) is 18.9. The van der Waals surface area contributed by atoms with Crippen molar-refractivity contribution in [3.05, 3.63) is 98.4 Å². The van der Waals surface area contributed by atoms with Crippen LogP contribution in [-0.4, -0.2) is 54.8 Å². The van der Waals surface area contributed by atoms with E-state index in [1.165, 1.54) is 0 Å². The number of amides is 1. The van der Waals surface area contributed by atoms with Crippen LogP contribution in [-0.2, 0) is 16.0 Å². The number of hydrogen-bond donors (Lipinski definition) is 2. The molecule has 0 saturated heterocycles. The first-order valence-electron chi connectivity index (χ1n) is 11.9. The van der Waals surface area contributed by atoms with Crippen molar-refractivity contribution < 1.29 is 19.4 Å². The van der Waals surface area contributed by atoms with Crippen molar-refractivity contribution in [3.8, 4) is 5.75 Å². The van der Waals surface area contributed by atoms with E-state index in [2.05, 4.69) is 37.3 Å². The molecule has 194 valence electrons. The molecule has 0 fully saturated rings. The lowest BCUT2D eigenvalue weighted by molar-refractivity contribution is -0.132. The first-order chi connectivity index (χ1) is 17.8. The summed E-state index contributed by atoms with van der Waals surface area (Å²) in [6.45, 7) is 0.507. The molecule has 0 aromatic heterocycles. The normalized spacial score (nSPS) is 18.9. The van der Waals surface area contributed by atoms with Gasteiger partial charge in [-0.25, -0.2) is 10.0 Å². The molecule has 0 spiro atoms. The largest absolute Gasteiger partial charge is 0.494 e. The summed E-state index contributed by atoms with van der Waals surface area (Å²) in [5.41, 5.74) is 4.18. The van der Waals surface area contributed by atoms with E-state index in [-0.39, 0.29) is 12.5 Å². The monoisotopic (exact) mass is 629 g/mol. The molecular formula is C28H29Br2N3O4. The number of aliphatic hydroxyl groups excluding tert-OH is 1. The second-order valence-corrected chi connectivity index (χ2v) is 10.7. The molecule has 0 saturated carbocycles. The van der Waals surface area contributed by atoms with Crippen LogP contribution in [0.15, 0.2) is 86.7 Å². The minimum absolute atomic E-state index is 0.0780. The molecule has 0 bridgehead atoms. The molecule has 1 amide bonds. The molecule has 4 rings (SSSR count). The maximum atomic E-state index is 13.9.